The average molecular weight is 202 g/mol. The van der Waals surface area contributed by atoms with Crippen molar-refractivity contribution in [1.82, 2.24) is 9.97 Å². The highest BCUT2D eigenvalue weighted by molar-refractivity contribution is 5.45. The molecular formula is C11H10N2O2. The molecule has 1 aliphatic heterocycles. The Morgan fingerprint density at radius 2 is 2.20 bits per heavy atom. The number of fused-ring (bicyclic) bond motifs is 1. The molecule has 0 saturated heterocycles. The van der Waals surface area contributed by atoms with Gasteiger partial charge < -0.3 is 14.5 Å². The summed E-state index contributed by atoms with van der Waals surface area (Å²) in [6.07, 6.45) is 4.36. The average Bonchev–Trinajstić information content (AvgIpc) is 2.87. The van der Waals surface area contributed by atoms with Crippen LogP contribution in [0.2, 0.25) is 0 Å². The van der Waals surface area contributed by atoms with Crippen molar-refractivity contribution in [2.24, 2.45) is 0 Å². The highest BCUT2D eigenvalue weighted by atomic mass is 16.7. The number of hydrogen-bond donors (Lipinski definition) is 1. The number of aromatic amines is 1. The minimum atomic E-state index is 0.319. The highest BCUT2D eigenvalue weighted by Gasteiger charge is 2.13. The summed E-state index contributed by atoms with van der Waals surface area (Å²) in [6, 6.07) is 5.95. The van der Waals surface area contributed by atoms with Crippen molar-refractivity contribution in [3.05, 3.63) is 42.0 Å². The second kappa shape index (κ2) is 3.31. The van der Waals surface area contributed by atoms with Gasteiger partial charge in [0.05, 0.1) is 0 Å². The van der Waals surface area contributed by atoms with Crippen LogP contribution in [-0.4, -0.2) is 16.8 Å². The normalized spacial score (nSPS) is 13.1. The molecule has 0 radical (unpaired) electrons. The molecule has 15 heavy (non-hydrogen) atoms. The van der Waals surface area contributed by atoms with Crippen LogP contribution in [0.1, 0.15) is 11.4 Å². The Morgan fingerprint density at radius 1 is 1.27 bits per heavy atom. The van der Waals surface area contributed by atoms with Gasteiger partial charge in [0, 0.05) is 18.8 Å². The molecule has 1 aromatic heterocycles. The van der Waals surface area contributed by atoms with E-state index in [1.54, 1.807) is 6.20 Å². The molecular weight excluding hydrogens is 192 g/mol. The summed E-state index contributed by atoms with van der Waals surface area (Å²) in [7, 11) is 0. The molecule has 1 aliphatic rings. The second-order valence-electron chi connectivity index (χ2n) is 3.40. The van der Waals surface area contributed by atoms with Gasteiger partial charge in [-0.25, -0.2) is 4.98 Å². The number of benzene rings is 1. The number of imidazole rings is 1. The monoisotopic (exact) mass is 202 g/mol. The second-order valence-corrected chi connectivity index (χ2v) is 3.40. The van der Waals surface area contributed by atoms with Crippen molar-refractivity contribution >= 4 is 0 Å². The van der Waals surface area contributed by atoms with E-state index < -0.39 is 0 Å². The third-order valence-electron chi connectivity index (χ3n) is 2.36. The summed E-state index contributed by atoms with van der Waals surface area (Å²) in [5.74, 6) is 2.59. The number of rotatable bonds is 2. The zero-order chi connectivity index (χ0) is 10.1. The Hall–Kier alpha value is -1.97. The van der Waals surface area contributed by atoms with Crippen LogP contribution in [0.15, 0.2) is 30.6 Å². The van der Waals surface area contributed by atoms with E-state index in [9.17, 15) is 0 Å². The van der Waals surface area contributed by atoms with Gasteiger partial charge in [0.25, 0.3) is 0 Å². The van der Waals surface area contributed by atoms with E-state index >= 15 is 0 Å². The number of H-pyrrole nitrogens is 1. The van der Waals surface area contributed by atoms with Crippen LogP contribution in [0.5, 0.6) is 11.5 Å². The van der Waals surface area contributed by atoms with Crippen LogP contribution in [0, 0.1) is 0 Å². The Morgan fingerprint density at radius 3 is 3.07 bits per heavy atom. The Bertz CT molecular complexity index is 465. The SMILES string of the molecule is c1c[nH]c(Cc2ccc3c(c2)OCO3)n1. The molecule has 0 unspecified atom stereocenters. The summed E-state index contributed by atoms with van der Waals surface area (Å²) >= 11 is 0. The highest BCUT2D eigenvalue weighted by Crippen LogP contribution is 2.32. The third-order valence-corrected chi connectivity index (χ3v) is 2.36. The fourth-order valence-electron chi connectivity index (χ4n) is 1.64. The summed E-state index contributed by atoms with van der Waals surface area (Å²) in [6.45, 7) is 0.319. The van der Waals surface area contributed by atoms with Crippen molar-refractivity contribution < 1.29 is 9.47 Å². The molecule has 3 rings (SSSR count). The topological polar surface area (TPSA) is 47.1 Å². The largest absolute Gasteiger partial charge is 0.454 e. The van der Waals surface area contributed by atoms with Crippen LogP contribution < -0.4 is 9.47 Å². The van der Waals surface area contributed by atoms with Crippen LogP contribution in [0.3, 0.4) is 0 Å². The quantitative estimate of drug-likeness (QED) is 0.806. The molecule has 76 valence electrons. The number of nitrogens with one attached hydrogen (secondary N) is 1. The van der Waals surface area contributed by atoms with Gasteiger partial charge in [-0.05, 0) is 17.7 Å². The zero-order valence-electron chi connectivity index (χ0n) is 8.06. The zero-order valence-corrected chi connectivity index (χ0v) is 8.06. The molecule has 2 heterocycles. The van der Waals surface area contributed by atoms with Crippen molar-refractivity contribution in [3.63, 3.8) is 0 Å². The van der Waals surface area contributed by atoms with Gasteiger partial charge in [0.2, 0.25) is 6.79 Å². The summed E-state index contributed by atoms with van der Waals surface area (Å²) in [5.41, 5.74) is 1.16. The lowest BCUT2D eigenvalue weighted by Gasteiger charge is -2.00. The molecule has 0 fully saturated rings. The first kappa shape index (κ1) is 8.35. The fourth-order valence-corrected chi connectivity index (χ4v) is 1.64. The molecule has 4 heteroatoms. The minimum Gasteiger partial charge on any atom is -0.454 e. The van der Waals surface area contributed by atoms with Crippen molar-refractivity contribution in [1.29, 1.82) is 0 Å². The van der Waals surface area contributed by atoms with Gasteiger partial charge in [-0.1, -0.05) is 6.07 Å². The molecule has 0 bridgehead atoms. The summed E-state index contributed by atoms with van der Waals surface area (Å²) in [4.78, 5) is 7.25. The molecule has 1 aromatic carbocycles. The van der Waals surface area contributed by atoms with E-state index in [1.165, 1.54) is 0 Å². The van der Waals surface area contributed by atoms with Crippen LogP contribution in [0.25, 0.3) is 0 Å². The molecule has 0 saturated carbocycles. The van der Waals surface area contributed by atoms with Gasteiger partial charge >= 0.3 is 0 Å². The predicted molar refractivity (Wildman–Crippen MR) is 54.0 cm³/mol. The molecule has 0 atom stereocenters. The number of hydrogen-bond acceptors (Lipinski definition) is 3. The fraction of sp³-hybridized carbons (Fsp3) is 0.182. The number of nitrogens with zero attached hydrogens (tertiary/aromatic N) is 1. The van der Waals surface area contributed by atoms with Gasteiger partial charge in [0.15, 0.2) is 11.5 Å². The molecule has 0 amide bonds. The maximum absolute atomic E-state index is 5.31. The van der Waals surface area contributed by atoms with Gasteiger partial charge in [-0.3, -0.25) is 0 Å². The van der Waals surface area contributed by atoms with E-state index in [0.717, 1.165) is 29.3 Å². The maximum Gasteiger partial charge on any atom is 0.231 e. The lowest BCUT2D eigenvalue weighted by molar-refractivity contribution is 0.174. The molecule has 4 nitrogen and oxygen atoms in total. The van der Waals surface area contributed by atoms with Gasteiger partial charge in [-0.15, -0.1) is 0 Å². The molecule has 1 N–H and O–H groups in total. The van der Waals surface area contributed by atoms with Gasteiger partial charge in [-0.2, -0.15) is 0 Å². The van der Waals surface area contributed by atoms with Crippen LogP contribution in [0.4, 0.5) is 0 Å². The third kappa shape index (κ3) is 1.54. The first-order valence-corrected chi connectivity index (χ1v) is 4.78. The van der Waals surface area contributed by atoms with Gasteiger partial charge in [0.1, 0.15) is 5.82 Å². The lowest BCUT2D eigenvalue weighted by Crippen LogP contribution is -1.93. The Balaban J connectivity index is 1.87. The Kier molecular flexibility index (Phi) is 1.84. The van der Waals surface area contributed by atoms with E-state index in [1.807, 2.05) is 24.4 Å². The van der Waals surface area contributed by atoms with Crippen molar-refractivity contribution in [2.75, 3.05) is 6.79 Å². The summed E-state index contributed by atoms with van der Waals surface area (Å²) in [5, 5.41) is 0. The summed E-state index contributed by atoms with van der Waals surface area (Å²) < 4.78 is 10.5. The number of aromatic nitrogens is 2. The lowest BCUT2D eigenvalue weighted by atomic mass is 10.1. The first-order chi connectivity index (χ1) is 7.42. The molecule has 0 aliphatic carbocycles. The molecule has 2 aromatic rings. The first-order valence-electron chi connectivity index (χ1n) is 4.78. The molecule has 0 spiro atoms. The number of ether oxygens (including phenoxy) is 2. The minimum absolute atomic E-state index is 0.319. The van der Waals surface area contributed by atoms with Crippen molar-refractivity contribution in [3.8, 4) is 11.5 Å². The van der Waals surface area contributed by atoms with Crippen molar-refractivity contribution in [2.45, 2.75) is 6.42 Å². The Labute approximate surface area is 86.9 Å². The predicted octanol–water partition coefficient (Wildman–Crippen LogP) is 1.73. The van der Waals surface area contributed by atoms with E-state index in [-0.39, 0.29) is 0 Å². The smallest absolute Gasteiger partial charge is 0.231 e. The van der Waals surface area contributed by atoms with E-state index in [4.69, 9.17) is 9.47 Å². The van der Waals surface area contributed by atoms with E-state index in [2.05, 4.69) is 9.97 Å². The van der Waals surface area contributed by atoms with Crippen LogP contribution >= 0.6 is 0 Å². The van der Waals surface area contributed by atoms with E-state index in [0.29, 0.717) is 6.79 Å². The van der Waals surface area contributed by atoms with Crippen LogP contribution in [-0.2, 0) is 6.42 Å². The standard InChI is InChI=1S/C11H10N2O2/c1-2-9-10(15-7-14-9)5-8(1)6-11-12-3-4-13-11/h1-5H,6-7H2,(H,12,13). The maximum atomic E-state index is 5.31.